The summed E-state index contributed by atoms with van der Waals surface area (Å²) in [6, 6.07) is 3.93. The fraction of sp³-hybridized carbons (Fsp3) is 0.667. The standard InChI is InChI=1S/C24H36FN3O5S/c1-15(2)21(27(6)23(30)33-24(3,4)5)22(29)26-20-12-7-16-13-28(14-19(16)20)34(31,32)18-10-8-17(25)9-11-18/h8-11,15-16,19-21H,7,12-14H2,1-6H3,(H,26,29)/t16-,19+,20+,21?/m0/s1. The topological polar surface area (TPSA) is 96.0 Å². The summed E-state index contributed by atoms with van der Waals surface area (Å²) in [5.41, 5.74) is -0.675. The van der Waals surface area contributed by atoms with Gasteiger partial charge >= 0.3 is 6.09 Å². The number of hydrogen-bond donors (Lipinski definition) is 1. The highest BCUT2D eigenvalue weighted by molar-refractivity contribution is 7.89. The number of rotatable bonds is 6. The van der Waals surface area contributed by atoms with Crippen LogP contribution in [0.2, 0.25) is 0 Å². The molecule has 0 bridgehead atoms. The summed E-state index contributed by atoms with van der Waals surface area (Å²) >= 11 is 0. The number of carbonyl (C=O) groups is 2. The van der Waals surface area contributed by atoms with Crippen molar-refractivity contribution >= 4 is 22.0 Å². The van der Waals surface area contributed by atoms with Gasteiger partial charge in [-0.05, 0) is 75.6 Å². The number of ether oxygens (including phenoxy) is 1. The summed E-state index contributed by atoms with van der Waals surface area (Å²) in [5.74, 6) is -0.779. The molecule has 1 saturated carbocycles. The Labute approximate surface area is 201 Å². The van der Waals surface area contributed by atoms with Crippen LogP contribution in [0.15, 0.2) is 29.2 Å². The zero-order chi connectivity index (χ0) is 25.4. The molecule has 0 aromatic heterocycles. The van der Waals surface area contributed by atoms with Crippen LogP contribution in [-0.4, -0.2) is 67.4 Å². The molecular formula is C24H36FN3O5S. The zero-order valence-electron chi connectivity index (χ0n) is 20.7. The third-order valence-corrected chi connectivity index (χ3v) is 8.45. The van der Waals surface area contributed by atoms with Gasteiger partial charge in [-0.1, -0.05) is 13.8 Å². The molecule has 2 fully saturated rings. The van der Waals surface area contributed by atoms with Crippen molar-refractivity contribution in [2.24, 2.45) is 17.8 Å². The van der Waals surface area contributed by atoms with E-state index in [0.29, 0.717) is 13.1 Å². The fourth-order valence-electron chi connectivity index (χ4n) is 5.00. The predicted molar refractivity (Wildman–Crippen MR) is 126 cm³/mol. The third-order valence-electron chi connectivity index (χ3n) is 6.60. The van der Waals surface area contributed by atoms with E-state index in [1.807, 2.05) is 13.8 Å². The summed E-state index contributed by atoms with van der Waals surface area (Å²) in [6.07, 6.45) is 0.995. The maximum absolute atomic E-state index is 13.2. The zero-order valence-corrected chi connectivity index (χ0v) is 21.6. The molecule has 1 aromatic carbocycles. The van der Waals surface area contributed by atoms with Crippen LogP contribution < -0.4 is 5.32 Å². The SMILES string of the molecule is CC(C)C(C(=O)N[C@@H]1CC[C@H]2CN(S(=O)(=O)c3ccc(F)cc3)C[C@H]21)N(C)C(=O)OC(C)(C)C. The van der Waals surface area contributed by atoms with Crippen molar-refractivity contribution in [3.05, 3.63) is 30.1 Å². The Morgan fingerprint density at radius 3 is 2.32 bits per heavy atom. The normalized spacial score (nSPS) is 24.1. The van der Waals surface area contributed by atoms with Crippen LogP contribution in [-0.2, 0) is 19.6 Å². The van der Waals surface area contributed by atoms with E-state index in [-0.39, 0.29) is 34.6 Å². The monoisotopic (exact) mass is 497 g/mol. The van der Waals surface area contributed by atoms with Gasteiger partial charge in [0.25, 0.3) is 0 Å². The molecular weight excluding hydrogens is 461 g/mol. The van der Waals surface area contributed by atoms with Gasteiger partial charge in [0.2, 0.25) is 15.9 Å². The van der Waals surface area contributed by atoms with Gasteiger partial charge in [-0.2, -0.15) is 4.31 Å². The molecule has 0 radical (unpaired) electrons. The number of benzene rings is 1. The van der Waals surface area contributed by atoms with Gasteiger partial charge in [0, 0.05) is 26.2 Å². The van der Waals surface area contributed by atoms with Gasteiger partial charge in [0.15, 0.2) is 0 Å². The van der Waals surface area contributed by atoms with Gasteiger partial charge < -0.3 is 10.1 Å². The first kappa shape index (κ1) is 26.4. The van der Waals surface area contributed by atoms with E-state index in [4.69, 9.17) is 4.74 Å². The Morgan fingerprint density at radius 1 is 1.15 bits per heavy atom. The minimum absolute atomic E-state index is 0.0150. The second-order valence-electron chi connectivity index (χ2n) is 10.7. The highest BCUT2D eigenvalue weighted by atomic mass is 32.2. The number of likely N-dealkylation sites (N-methyl/N-ethyl adjacent to an activating group) is 1. The van der Waals surface area contributed by atoms with Crippen molar-refractivity contribution in [2.45, 2.75) is 70.0 Å². The number of halogens is 1. The van der Waals surface area contributed by atoms with Crippen molar-refractivity contribution in [3.8, 4) is 0 Å². The molecule has 1 saturated heterocycles. The van der Waals surface area contributed by atoms with Crippen molar-refractivity contribution in [3.63, 3.8) is 0 Å². The quantitative estimate of drug-likeness (QED) is 0.651. The van der Waals surface area contributed by atoms with Gasteiger partial charge in [0.05, 0.1) is 4.90 Å². The molecule has 1 N–H and O–H groups in total. The van der Waals surface area contributed by atoms with Crippen molar-refractivity contribution in [1.82, 2.24) is 14.5 Å². The average molecular weight is 498 g/mol. The number of nitrogens with one attached hydrogen (secondary N) is 1. The minimum atomic E-state index is -3.74. The van der Waals surface area contributed by atoms with Crippen LogP contribution in [0.5, 0.6) is 0 Å². The maximum atomic E-state index is 13.2. The number of hydrogen-bond acceptors (Lipinski definition) is 5. The van der Waals surface area contributed by atoms with E-state index in [1.54, 1.807) is 27.8 Å². The molecule has 3 rings (SSSR count). The third kappa shape index (κ3) is 5.71. The van der Waals surface area contributed by atoms with Crippen LogP contribution in [0.4, 0.5) is 9.18 Å². The molecule has 8 nitrogen and oxygen atoms in total. The molecule has 1 heterocycles. The predicted octanol–water partition coefficient (Wildman–Crippen LogP) is 3.23. The lowest BCUT2D eigenvalue weighted by atomic mass is 9.96. The largest absolute Gasteiger partial charge is 0.444 e. The van der Waals surface area contributed by atoms with Crippen molar-refractivity contribution in [2.75, 3.05) is 20.1 Å². The van der Waals surface area contributed by atoms with Crippen LogP contribution in [0, 0.1) is 23.6 Å². The number of carbonyl (C=O) groups excluding carboxylic acids is 2. The molecule has 1 aromatic rings. The maximum Gasteiger partial charge on any atom is 0.410 e. The summed E-state index contributed by atoms with van der Waals surface area (Å²) in [4.78, 5) is 27.2. The number of nitrogens with zero attached hydrogens (tertiary/aromatic N) is 2. The van der Waals surface area contributed by atoms with E-state index < -0.39 is 33.6 Å². The molecule has 34 heavy (non-hydrogen) atoms. The lowest BCUT2D eigenvalue weighted by molar-refractivity contribution is -0.128. The van der Waals surface area contributed by atoms with E-state index in [1.165, 1.54) is 21.3 Å². The molecule has 2 aliphatic rings. The van der Waals surface area contributed by atoms with Gasteiger partial charge in [0.1, 0.15) is 17.5 Å². The minimum Gasteiger partial charge on any atom is -0.444 e. The molecule has 2 amide bonds. The first-order valence-electron chi connectivity index (χ1n) is 11.7. The summed E-state index contributed by atoms with van der Waals surface area (Å²) in [5, 5.41) is 3.09. The molecule has 0 spiro atoms. The smallest absolute Gasteiger partial charge is 0.410 e. The van der Waals surface area contributed by atoms with E-state index in [2.05, 4.69) is 5.32 Å². The van der Waals surface area contributed by atoms with Crippen molar-refractivity contribution in [1.29, 1.82) is 0 Å². The Kier molecular flexibility index (Phi) is 7.62. The number of amides is 2. The number of fused-ring (bicyclic) bond motifs is 1. The summed E-state index contributed by atoms with van der Waals surface area (Å²) in [6.45, 7) is 9.73. The lowest BCUT2D eigenvalue weighted by Gasteiger charge is -2.33. The van der Waals surface area contributed by atoms with E-state index in [9.17, 15) is 22.4 Å². The van der Waals surface area contributed by atoms with Crippen LogP contribution >= 0.6 is 0 Å². The van der Waals surface area contributed by atoms with Crippen LogP contribution in [0.25, 0.3) is 0 Å². The Bertz CT molecular complexity index is 1010. The highest BCUT2D eigenvalue weighted by Crippen LogP contribution is 2.40. The van der Waals surface area contributed by atoms with Gasteiger partial charge in [-0.3, -0.25) is 9.69 Å². The first-order valence-corrected chi connectivity index (χ1v) is 13.2. The highest BCUT2D eigenvalue weighted by Gasteiger charge is 2.47. The summed E-state index contributed by atoms with van der Waals surface area (Å²) in [7, 11) is -2.18. The Morgan fingerprint density at radius 2 is 1.76 bits per heavy atom. The summed E-state index contributed by atoms with van der Waals surface area (Å²) < 4.78 is 46.2. The second kappa shape index (κ2) is 9.81. The van der Waals surface area contributed by atoms with Crippen LogP contribution in [0.1, 0.15) is 47.5 Å². The second-order valence-corrected chi connectivity index (χ2v) is 12.6. The van der Waals surface area contributed by atoms with Crippen molar-refractivity contribution < 1.29 is 27.1 Å². The average Bonchev–Trinajstić information content (AvgIpc) is 3.29. The molecule has 190 valence electrons. The fourth-order valence-corrected chi connectivity index (χ4v) is 6.53. The first-order chi connectivity index (χ1) is 15.7. The molecule has 1 aliphatic carbocycles. The van der Waals surface area contributed by atoms with E-state index >= 15 is 0 Å². The molecule has 1 aliphatic heterocycles. The number of sulfonamides is 1. The Hall–Kier alpha value is -2.20. The Balaban J connectivity index is 1.69. The van der Waals surface area contributed by atoms with E-state index in [0.717, 1.165) is 25.0 Å². The van der Waals surface area contributed by atoms with Crippen LogP contribution in [0.3, 0.4) is 0 Å². The van der Waals surface area contributed by atoms with Gasteiger partial charge in [-0.15, -0.1) is 0 Å². The van der Waals surface area contributed by atoms with Gasteiger partial charge in [-0.25, -0.2) is 17.6 Å². The molecule has 4 atom stereocenters. The lowest BCUT2D eigenvalue weighted by Crippen LogP contribution is -2.54. The molecule has 1 unspecified atom stereocenters. The molecule has 10 heteroatoms.